The van der Waals surface area contributed by atoms with Crippen LogP contribution in [0.2, 0.25) is 0 Å². The quantitative estimate of drug-likeness (QED) is 0.432. The fourth-order valence-electron chi connectivity index (χ4n) is 3.25. The molecule has 2 heterocycles. The number of nitrogens with zero attached hydrogens (tertiary/aromatic N) is 2. The molecule has 0 aliphatic rings. The Balaban J connectivity index is 1.32. The lowest BCUT2D eigenvalue weighted by Crippen LogP contribution is -2.45. The largest absolute Gasteiger partial charge is 0.497 e. The van der Waals surface area contributed by atoms with Crippen molar-refractivity contribution in [3.8, 4) is 10.9 Å². The summed E-state index contributed by atoms with van der Waals surface area (Å²) in [7, 11) is 1.63. The fourth-order valence-corrected chi connectivity index (χ4v) is 4.22. The van der Waals surface area contributed by atoms with Gasteiger partial charge in [-0.15, -0.1) is 0 Å². The number of nitrogens with one attached hydrogen (secondary N) is 2. The van der Waals surface area contributed by atoms with Crippen LogP contribution in [0.25, 0.3) is 15.3 Å². The first kappa shape index (κ1) is 21.6. The number of amides is 2. The van der Waals surface area contributed by atoms with E-state index < -0.39 is 6.04 Å². The SMILES string of the molecule is COc1ccc(CCNC(=O)[C@H](C)NC(=O)c2ccc3nc(-n4cccc4)sc3c2)cc1. The van der Waals surface area contributed by atoms with Gasteiger partial charge in [0.1, 0.15) is 11.8 Å². The summed E-state index contributed by atoms with van der Waals surface area (Å²) in [6.07, 6.45) is 4.56. The summed E-state index contributed by atoms with van der Waals surface area (Å²) >= 11 is 1.51. The van der Waals surface area contributed by atoms with Crippen molar-refractivity contribution < 1.29 is 14.3 Å². The maximum Gasteiger partial charge on any atom is 0.251 e. The van der Waals surface area contributed by atoms with Crippen LogP contribution < -0.4 is 15.4 Å². The van der Waals surface area contributed by atoms with Crippen molar-refractivity contribution in [2.75, 3.05) is 13.7 Å². The Morgan fingerprint density at radius 2 is 1.88 bits per heavy atom. The summed E-state index contributed by atoms with van der Waals surface area (Å²) in [6.45, 7) is 2.16. The Kier molecular flexibility index (Phi) is 6.51. The summed E-state index contributed by atoms with van der Waals surface area (Å²) in [4.78, 5) is 29.7. The maximum atomic E-state index is 12.7. The van der Waals surface area contributed by atoms with E-state index in [0.29, 0.717) is 18.5 Å². The van der Waals surface area contributed by atoms with E-state index in [-0.39, 0.29) is 11.8 Å². The summed E-state index contributed by atoms with van der Waals surface area (Å²) in [6, 6.07) is 16.3. The molecule has 2 aromatic carbocycles. The lowest BCUT2D eigenvalue weighted by atomic mass is 10.1. The van der Waals surface area contributed by atoms with E-state index in [1.54, 1.807) is 20.1 Å². The molecule has 2 N–H and O–H groups in total. The number of carbonyl (C=O) groups excluding carboxylic acids is 2. The van der Waals surface area contributed by atoms with Gasteiger partial charge >= 0.3 is 0 Å². The van der Waals surface area contributed by atoms with E-state index in [1.165, 1.54) is 11.3 Å². The van der Waals surface area contributed by atoms with E-state index in [2.05, 4.69) is 15.6 Å². The van der Waals surface area contributed by atoms with Crippen molar-refractivity contribution >= 4 is 33.4 Å². The van der Waals surface area contributed by atoms with Crippen molar-refractivity contribution in [3.05, 3.63) is 78.1 Å². The van der Waals surface area contributed by atoms with Gasteiger partial charge in [-0.3, -0.25) is 9.59 Å². The van der Waals surface area contributed by atoms with Crippen molar-refractivity contribution in [3.63, 3.8) is 0 Å². The van der Waals surface area contributed by atoms with Gasteiger partial charge in [0.2, 0.25) is 5.91 Å². The van der Waals surface area contributed by atoms with Gasteiger partial charge in [0.25, 0.3) is 5.91 Å². The van der Waals surface area contributed by atoms with E-state index in [0.717, 1.165) is 26.7 Å². The molecule has 32 heavy (non-hydrogen) atoms. The Morgan fingerprint density at radius 3 is 2.59 bits per heavy atom. The first-order valence-electron chi connectivity index (χ1n) is 10.3. The Hall–Kier alpha value is -3.65. The van der Waals surface area contributed by atoms with Crippen molar-refractivity contribution in [1.29, 1.82) is 0 Å². The van der Waals surface area contributed by atoms with Gasteiger partial charge in [0, 0.05) is 24.5 Å². The number of methoxy groups -OCH3 is 1. The third-order valence-electron chi connectivity index (χ3n) is 5.08. The molecule has 0 aliphatic heterocycles. The molecule has 0 saturated heterocycles. The predicted octanol–water partition coefficient (Wildman–Crippen LogP) is 3.57. The highest BCUT2D eigenvalue weighted by molar-refractivity contribution is 7.20. The normalized spacial score (nSPS) is 11.8. The number of ether oxygens (including phenoxy) is 1. The molecule has 0 fully saturated rings. The fraction of sp³-hybridized carbons (Fsp3) is 0.208. The first-order chi connectivity index (χ1) is 15.5. The first-order valence-corrected chi connectivity index (χ1v) is 11.1. The molecule has 0 unspecified atom stereocenters. The molecule has 2 amide bonds. The van der Waals surface area contributed by atoms with Crippen LogP contribution in [-0.4, -0.2) is 41.1 Å². The topological polar surface area (TPSA) is 85.2 Å². The molecule has 7 nitrogen and oxygen atoms in total. The van der Waals surface area contributed by atoms with Crippen LogP contribution in [0.5, 0.6) is 5.75 Å². The van der Waals surface area contributed by atoms with Crippen molar-refractivity contribution in [2.24, 2.45) is 0 Å². The monoisotopic (exact) mass is 448 g/mol. The van der Waals surface area contributed by atoms with Gasteiger partial charge < -0.3 is 19.9 Å². The highest BCUT2D eigenvalue weighted by Crippen LogP contribution is 2.26. The number of aromatic nitrogens is 2. The zero-order chi connectivity index (χ0) is 22.5. The highest BCUT2D eigenvalue weighted by Gasteiger charge is 2.17. The van der Waals surface area contributed by atoms with Crippen molar-refractivity contribution in [1.82, 2.24) is 20.2 Å². The minimum Gasteiger partial charge on any atom is -0.497 e. The summed E-state index contributed by atoms with van der Waals surface area (Å²) < 4.78 is 7.99. The van der Waals surface area contributed by atoms with Crippen molar-refractivity contribution in [2.45, 2.75) is 19.4 Å². The third-order valence-corrected chi connectivity index (χ3v) is 6.11. The summed E-state index contributed by atoms with van der Waals surface area (Å²) in [5.74, 6) is 0.285. The highest BCUT2D eigenvalue weighted by atomic mass is 32.1. The van der Waals surface area contributed by atoms with E-state index >= 15 is 0 Å². The van der Waals surface area contributed by atoms with Crippen LogP contribution in [0.4, 0.5) is 0 Å². The second-order valence-electron chi connectivity index (χ2n) is 7.35. The molecule has 2 aromatic heterocycles. The zero-order valence-electron chi connectivity index (χ0n) is 17.9. The third kappa shape index (κ3) is 4.97. The molecule has 0 spiro atoms. The van der Waals surface area contributed by atoms with Crippen LogP contribution >= 0.6 is 11.3 Å². The lowest BCUT2D eigenvalue weighted by Gasteiger charge is -2.14. The average Bonchev–Trinajstić information content (AvgIpc) is 3.48. The molecule has 0 saturated carbocycles. The summed E-state index contributed by atoms with van der Waals surface area (Å²) in [5.41, 5.74) is 2.43. The Labute approximate surface area is 190 Å². The lowest BCUT2D eigenvalue weighted by molar-refractivity contribution is -0.122. The molecule has 8 heteroatoms. The average molecular weight is 449 g/mol. The van der Waals surface area contributed by atoms with E-state index in [4.69, 9.17) is 4.74 Å². The zero-order valence-corrected chi connectivity index (χ0v) is 18.7. The van der Waals surface area contributed by atoms with Crippen LogP contribution in [-0.2, 0) is 11.2 Å². The Morgan fingerprint density at radius 1 is 1.12 bits per heavy atom. The van der Waals surface area contributed by atoms with Crippen LogP contribution in [0.3, 0.4) is 0 Å². The molecule has 0 bridgehead atoms. The summed E-state index contributed by atoms with van der Waals surface area (Å²) in [5, 5.41) is 6.48. The number of benzene rings is 2. The van der Waals surface area contributed by atoms with E-state index in [9.17, 15) is 9.59 Å². The number of thiazole rings is 1. The predicted molar refractivity (Wildman–Crippen MR) is 126 cm³/mol. The number of hydrogen-bond acceptors (Lipinski definition) is 5. The maximum absolute atomic E-state index is 12.7. The van der Waals surface area contributed by atoms with Crippen LogP contribution in [0.1, 0.15) is 22.8 Å². The molecular weight excluding hydrogens is 424 g/mol. The minimum atomic E-state index is -0.647. The second-order valence-corrected chi connectivity index (χ2v) is 8.36. The number of fused-ring (bicyclic) bond motifs is 1. The van der Waals surface area contributed by atoms with Gasteiger partial charge in [-0.2, -0.15) is 0 Å². The number of carbonyl (C=O) groups is 2. The number of hydrogen-bond donors (Lipinski definition) is 2. The van der Waals surface area contributed by atoms with Gasteiger partial charge in [-0.25, -0.2) is 4.98 Å². The Bertz CT molecular complexity index is 1220. The van der Waals surface area contributed by atoms with Gasteiger partial charge in [-0.1, -0.05) is 23.5 Å². The molecule has 4 rings (SSSR count). The molecule has 164 valence electrons. The van der Waals surface area contributed by atoms with Gasteiger partial charge in [0.05, 0.1) is 17.3 Å². The van der Waals surface area contributed by atoms with E-state index in [1.807, 2.05) is 65.5 Å². The number of rotatable bonds is 8. The molecule has 0 aliphatic carbocycles. The molecule has 1 atom stereocenters. The molecule has 4 aromatic rings. The van der Waals surface area contributed by atoms with Crippen LogP contribution in [0.15, 0.2) is 67.0 Å². The second kappa shape index (κ2) is 9.65. The van der Waals surface area contributed by atoms with Crippen LogP contribution in [0, 0.1) is 0 Å². The molecule has 0 radical (unpaired) electrons. The smallest absolute Gasteiger partial charge is 0.251 e. The molecular formula is C24H24N4O3S. The van der Waals surface area contributed by atoms with Gasteiger partial charge in [-0.05, 0) is 61.4 Å². The van der Waals surface area contributed by atoms with Gasteiger partial charge in [0.15, 0.2) is 5.13 Å². The standard InChI is InChI=1S/C24H24N4O3S/c1-16(22(29)25-12-11-17-5-8-19(31-2)9-6-17)26-23(30)18-7-10-20-21(15-18)32-24(27-20)28-13-3-4-14-28/h3-10,13-16H,11-12H2,1-2H3,(H,25,29)(H,26,30)/t16-/m0/s1. The minimum absolute atomic E-state index is 0.222.